The highest BCUT2D eigenvalue weighted by atomic mass is 32.2. The first-order valence-corrected chi connectivity index (χ1v) is 6.76. The summed E-state index contributed by atoms with van der Waals surface area (Å²) in [4.78, 5) is 16.2. The second-order valence-corrected chi connectivity index (χ2v) is 4.76. The Balaban J connectivity index is 2.19. The standard InChI is InChI=1S/C10H9N3O2S2/c1-16-10-11-9(12-13-10)7(15)5-6(14)8-3-2-4-17-8/h2-5,15H,1H3,(H,11,12,13)/b7-5+. The molecule has 0 atom stereocenters. The van der Waals surface area contributed by atoms with Crippen LogP contribution in [0.15, 0.2) is 28.7 Å². The van der Waals surface area contributed by atoms with Crippen LogP contribution < -0.4 is 0 Å². The van der Waals surface area contributed by atoms with E-state index in [2.05, 4.69) is 15.2 Å². The van der Waals surface area contributed by atoms with Crippen LogP contribution in [0.25, 0.3) is 5.76 Å². The molecular formula is C10H9N3O2S2. The van der Waals surface area contributed by atoms with E-state index in [0.29, 0.717) is 10.0 Å². The van der Waals surface area contributed by atoms with E-state index in [1.165, 1.54) is 23.1 Å². The van der Waals surface area contributed by atoms with Crippen molar-refractivity contribution in [3.8, 4) is 0 Å². The van der Waals surface area contributed by atoms with Gasteiger partial charge in [-0.2, -0.15) is 4.98 Å². The summed E-state index contributed by atoms with van der Waals surface area (Å²) in [6.07, 6.45) is 2.96. The van der Waals surface area contributed by atoms with E-state index in [0.717, 1.165) is 6.08 Å². The van der Waals surface area contributed by atoms with Crippen molar-refractivity contribution in [3.63, 3.8) is 0 Å². The Morgan fingerprint density at radius 3 is 3.06 bits per heavy atom. The number of thiophene rings is 1. The number of rotatable bonds is 4. The SMILES string of the molecule is CSc1n[nH]c(/C(O)=C\C(=O)c2cccs2)n1. The van der Waals surface area contributed by atoms with Crippen molar-refractivity contribution in [2.24, 2.45) is 0 Å². The molecule has 2 rings (SSSR count). The van der Waals surface area contributed by atoms with E-state index in [4.69, 9.17) is 0 Å². The van der Waals surface area contributed by atoms with Crippen LogP contribution in [-0.4, -0.2) is 32.3 Å². The Morgan fingerprint density at radius 1 is 1.65 bits per heavy atom. The fourth-order valence-electron chi connectivity index (χ4n) is 1.13. The van der Waals surface area contributed by atoms with Crippen molar-refractivity contribution in [2.45, 2.75) is 5.16 Å². The zero-order valence-electron chi connectivity index (χ0n) is 8.88. The normalized spacial score (nSPS) is 11.7. The fraction of sp³-hybridized carbons (Fsp3) is 0.100. The lowest BCUT2D eigenvalue weighted by Crippen LogP contribution is -1.94. The molecule has 0 fully saturated rings. The van der Waals surface area contributed by atoms with Crippen LogP contribution in [0.5, 0.6) is 0 Å². The number of nitrogens with one attached hydrogen (secondary N) is 1. The molecule has 0 saturated carbocycles. The third kappa shape index (κ3) is 2.75. The maximum Gasteiger partial charge on any atom is 0.208 e. The molecule has 0 bridgehead atoms. The summed E-state index contributed by atoms with van der Waals surface area (Å²) >= 11 is 2.67. The smallest absolute Gasteiger partial charge is 0.208 e. The van der Waals surface area contributed by atoms with Crippen molar-refractivity contribution in [2.75, 3.05) is 6.26 Å². The number of aromatic nitrogens is 3. The van der Waals surface area contributed by atoms with E-state index in [9.17, 15) is 9.90 Å². The third-order valence-corrected chi connectivity index (χ3v) is 3.35. The van der Waals surface area contributed by atoms with Gasteiger partial charge in [0.2, 0.25) is 5.16 Å². The summed E-state index contributed by atoms with van der Waals surface area (Å²) in [5, 5.41) is 18.4. The number of thioether (sulfide) groups is 1. The highest BCUT2D eigenvalue weighted by Gasteiger charge is 2.10. The van der Waals surface area contributed by atoms with Gasteiger partial charge in [0.15, 0.2) is 17.4 Å². The molecule has 0 amide bonds. The summed E-state index contributed by atoms with van der Waals surface area (Å²) in [5.41, 5.74) is 0. The summed E-state index contributed by atoms with van der Waals surface area (Å²) in [7, 11) is 0. The highest BCUT2D eigenvalue weighted by molar-refractivity contribution is 7.98. The number of carbonyl (C=O) groups excluding carboxylic acids is 1. The van der Waals surface area contributed by atoms with E-state index < -0.39 is 0 Å². The fourth-order valence-corrected chi connectivity index (χ4v) is 2.09. The van der Waals surface area contributed by atoms with Gasteiger partial charge in [0.05, 0.1) is 4.88 Å². The van der Waals surface area contributed by atoms with Gasteiger partial charge in [-0.15, -0.1) is 16.4 Å². The van der Waals surface area contributed by atoms with Crippen molar-refractivity contribution < 1.29 is 9.90 Å². The van der Waals surface area contributed by atoms with Gasteiger partial charge >= 0.3 is 0 Å². The number of hydrogen-bond acceptors (Lipinski definition) is 6. The van der Waals surface area contributed by atoms with Crippen LogP contribution in [-0.2, 0) is 0 Å². The lowest BCUT2D eigenvalue weighted by atomic mass is 10.3. The zero-order chi connectivity index (χ0) is 12.3. The minimum atomic E-state index is -0.250. The maximum atomic E-state index is 11.7. The number of allylic oxidation sites excluding steroid dienone is 1. The summed E-state index contributed by atoms with van der Waals surface area (Å²) < 4.78 is 0. The van der Waals surface area contributed by atoms with Crippen LogP contribution in [0.3, 0.4) is 0 Å². The molecule has 0 aromatic carbocycles. The molecule has 0 aliphatic heterocycles. The molecule has 2 aromatic rings. The number of aliphatic hydroxyl groups excluding tert-OH is 1. The van der Waals surface area contributed by atoms with Gasteiger partial charge in [-0.25, -0.2) is 0 Å². The van der Waals surface area contributed by atoms with Crippen LogP contribution in [0.4, 0.5) is 0 Å². The largest absolute Gasteiger partial charge is 0.504 e. The minimum absolute atomic E-state index is 0.194. The summed E-state index contributed by atoms with van der Waals surface area (Å²) in [5.74, 6) is -0.268. The Bertz CT molecular complexity index is 546. The molecule has 0 saturated heterocycles. The minimum Gasteiger partial charge on any atom is -0.504 e. The van der Waals surface area contributed by atoms with Gasteiger partial charge < -0.3 is 5.11 Å². The van der Waals surface area contributed by atoms with E-state index >= 15 is 0 Å². The van der Waals surface area contributed by atoms with Crippen LogP contribution in [0.1, 0.15) is 15.5 Å². The molecule has 2 aromatic heterocycles. The molecule has 17 heavy (non-hydrogen) atoms. The number of nitrogens with zero attached hydrogens (tertiary/aromatic N) is 2. The molecule has 2 N–H and O–H groups in total. The molecule has 0 aliphatic carbocycles. The second-order valence-electron chi connectivity index (χ2n) is 3.04. The molecule has 88 valence electrons. The molecular weight excluding hydrogens is 258 g/mol. The average Bonchev–Trinajstić information content (AvgIpc) is 3.00. The predicted molar refractivity (Wildman–Crippen MR) is 67.4 cm³/mol. The monoisotopic (exact) mass is 267 g/mol. The van der Waals surface area contributed by atoms with Gasteiger partial charge in [0.25, 0.3) is 0 Å². The highest BCUT2D eigenvalue weighted by Crippen LogP contribution is 2.15. The number of carbonyl (C=O) groups is 1. The first-order chi connectivity index (χ1) is 8.20. The molecule has 0 unspecified atom stereocenters. The quantitative estimate of drug-likeness (QED) is 0.385. The Hall–Kier alpha value is -1.60. The second kappa shape index (κ2) is 5.15. The number of aromatic amines is 1. The first kappa shape index (κ1) is 11.9. The van der Waals surface area contributed by atoms with E-state index in [1.807, 2.05) is 6.26 Å². The van der Waals surface area contributed by atoms with Gasteiger partial charge in [0, 0.05) is 6.08 Å². The number of aliphatic hydroxyl groups is 1. The molecule has 2 heterocycles. The summed E-state index contributed by atoms with van der Waals surface area (Å²) in [6.45, 7) is 0. The maximum absolute atomic E-state index is 11.7. The Labute approximate surface area is 106 Å². The number of ketones is 1. The summed E-state index contributed by atoms with van der Waals surface area (Å²) in [6, 6.07) is 3.48. The number of hydrogen-bond donors (Lipinski definition) is 2. The molecule has 0 spiro atoms. The average molecular weight is 267 g/mol. The predicted octanol–water partition coefficient (Wildman–Crippen LogP) is 2.37. The topological polar surface area (TPSA) is 78.9 Å². The van der Waals surface area contributed by atoms with Crippen LogP contribution >= 0.6 is 23.1 Å². The lowest BCUT2D eigenvalue weighted by Gasteiger charge is -1.93. The van der Waals surface area contributed by atoms with Crippen molar-refractivity contribution in [3.05, 3.63) is 34.3 Å². The van der Waals surface area contributed by atoms with Crippen LogP contribution in [0.2, 0.25) is 0 Å². The van der Waals surface area contributed by atoms with Crippen molar-refractivity contribution in [1.82, 2.24) is 15.2 Å². The molecule has 7 heteroatoms. The third-order valence-electron chi connectivity index (χ3n) is 1.92. The Kier molecular flexibility index (Phi) is 3.60. The molecule has 0 aliphatic rings. The molecule has 5 nitrogen and oxygen atoms in total. The Morgan fingerprint density at radius 2 is 2.47 bits per heavy atom. The lowest BCUT2D eigenvalue weighted by molar-refractivity contribution is 0.104. The zero-order valence-corrected chi connectivity index (χ0v) is 10.5. The van der Waals surface area contributed by atoms with E-state index in [-0.39, 0.29) is 17.4 Å². The van der Waals surface area contributed by atoms with Gasteiger partial charge in [-0.3, -0.25) is 9.89 Å². The van der Waals surface area contributed by atoms with Gasteiger partial charge in [-0.1, -0.05) is 17.8 Å². The van der Waals surface area contributed by atoms with Gasteiger partial charge in [0.1, 0.15) is 0 Å². The van der Waals surface area contributed by atoms with Crippen LogP contribution in [0, 0.1) is 0 Å². The van der Waals surface area contributed by atoms with E-state index in [1.54, 1.807) is 17.5 Å². The molecule has 0 radical (unpaired) electrons. The number of H-pyrrole nitrogens is 1. The van der Waals surface area contributed by atoms with Crippen molar-refractivity contribution >= 4 is 34.6 Å². The van der Waals surface area contributed by atoms with Gasteiger partial charge in [-0.05, 0) is 17.7 Å². The first-order valence-electron chi connectivity index (χ1n) is 4.66. The van der Waals surface area contributed by atoms with Crippen molar-refractivity contribution in [1.29, 1.82) is 0 Å².